The Morgan fingerprint density at radius 2 is 2.20 bits per heavy atom. The van der Waals surface area contributed by atoms with E-state index in [9.17, 15) is 9.59 Å². The number of carboxylic acids is 1. The summed E-state index contributed by atoms with van der Waals surface area (Å²) >= 11 is 0. The van der Waals surface area contributed by atoms with Gasteiger partial charge in [-0.3, -0.25) is 4.79 Å². The molecule has 0 bridgehead atoms. The number of carbonyl (C=O) groups is 2. The molecule has 3 N–H and O–H groups in total. The number of hydrogen-bond donors (Lipinski definition) is 2. The van der Waals surface area contributed by atoms with Crippen LogP contribution in [-0.2, 0) is 11.2 Å². The summed E-state index contributed by atoms with van der Waals surface area (Å²) in [5.74, 6) is -1.07. The van der Waals surface area contributed by atoms with Gasteiger partial charge in [-0.15, -0.1) is 0 Å². The van der Waals surface area contributed by atoms with Gasteiger partial charge in [0.2, 0.25) is 5.91 Å². The molecule has 1 unspecified atom stereocenters. The van der Waals surface area contributed by atoms with Gasteiger partial charge in [-0.2, -0.15) is 0 Å². The molecule has 1 amide bonds. The predicted molar refractivity (Wildman–Crippen MR) is 76.9 cm³/mol. The fourth-order valence-corrected chi connectivity index (χ4v) is 2.62. The SMILES string of the molecule is CCC(CN)C(=O)N1CCCc2cc(C(=O)O)ccc21. The lowest BCUT2D eigenvalue weighted by molar-refractivity contribution is -0.122. The van der Waals surface area contributed by atoms with Crippen molar-refractivity contribution in [3.8, 4) is 0 Å². The van der Waals surface area contributed by atoms with Gasteiger partial charge in [-0.1, -0.05) is 6.92 Å². The molecule has 0 saturated carbocycles. The fraction of sp³-hybridized carbons (Fsp3) is 0.467. The number of anilines is 1. The summed E-state index contributed by atoms with van der Waals surface area (Å²) in [7, 11) is 0. The molecule has 5 heteroatoms. The minimum absolute atomic E-state index is 0.0408. The van der Waals surface area contributed by atoms with Gasteiger partial charge in [0.1, 0.15) is 0 Å². The van der Waals surface area contributed by atoms with Crippen LogP contribution in [0.5, 0.6) is 0 Å². The molecule has 0 saturated heterocycles. The van der Waals surface area contributed by atoms with E-state index in [1.165, 1.54) is 0 Å². The largest absolute Gasteiger partial charge is 0.478 e. The zero-order valence-electron chi connectivity index (χ0n) is 11.6. The second-order valence-electron chi connectivity index (χ2n) is 5.08. The van der Waals surface area contributed by atoms with Crippen molar-refractivity contribution in [1.82, 2.24) is 0 Å². The number of carbonyl (C=O) groups excluding carboxylic acids is 1. The summed E-state index contributed by atoms with van der Waals surface area (Å²) in [5, 5.41) is 9.03. The van der Waals surface area contributed by atoms with E-state index in [1.54, 1.807) is 23.1 Å². The Hall–Kier alpha value is -1.88. The molecule has 5 nitrogen and oxygen atoms in total. The molecule has 1 aliphatic heterocycles. The van der Waals surface area contributed by atoms with Crippen molar-refractivity contribution in [3.05, 3.63) is 29.3 Å². The van der Waals surface area contributed by atoms with E-state index in [2.05, 4.69) is 0 Å². The first-order chi connectivity index (χ1) is 9.58. The number of aryl methyl sites for hydroxylation is 1. The molecule has 0 fully saturated rings. The molecule has 0 spiro atoms. The van der Waals surface area contributed by atoms with Crippen LogP contribution in [0.3, 0.4) is 0 Å². The first-order valence-electron chi connectivity index (χ1n) is 6.96. The maximum atomic E-state index is 12.5. The van der Waals surface area contributed by atoms with Crippen LogP contribution >= 0.6 is 0 Å². The molecule has 1 aromatic rings. The summed E-state index contributed by atoms with van der Waals surface area (Å²) in [6.45, 7) is 2.97. The van der Waals surface area contributed by atoms with Gasteiger partial charge >= 0.3 is 5.97 Å². The maximum Gasteiger partial charge on any atom is 0.335 e. The van der Waals surface area contributed by atoms with Crippen LogP contribution in [-0.4, -0.2) is 30.1 Å². The standard InChI is InChI=1S/C15H20N2O3/c1-2-10(9-16)14(18)17-7-3-4-11-8-12(15(19)20)5-6-13(11)17/h5-6,8,10H,2-4,7,9,16H2,1H3,(H,19,20). The van der Waals surface area contributed by atoms with Gasteiger partial charge in [-0.05, 0) is 43.0 Å². The quantitative estimate of drug-likeness (QED) is 0.875. The van der Waals surface area contributed by atoms with E-state index in [4.69, 9.17) is 10.8 Å². The molecule has 2 rings (SSSR count). The van der Waals surface area contributed by atoms with Crippen molar-refractivity contribution in [2.45, 2.75) is 26.2 Å². The van der Waals surface area contributed by atoms with Gasteiger partial charge in [0.15, 0.2) is 0 Å². The van der Waals surface area contributed by atoms with Crippen LogP contribution < -0.4 is 10.6 Å². The number of amides is 1. The van der Waals surface area contributed by atoms with Crippen LogP contribution in [0.15, 0.2) is 18.2 Å². The Kier molecular flexibility index (Phi) is 4.39. The highest BCUT2D eigenvalue weighted by molar-refractivity contribution is 5.97. The first-order valence-corrected chi connectivity index (χ1v) is 6.96. The highest BCUT2D eigenvalue weighted by atomic mass is 16.4. The lowest BCUT2D eigenvalue weighted by Gasteiger charge is -2.32. The van der Waals surface area contributed by atoms with Crippen molar-refractivity contribution in [3.63, 3.8) is 0 Å². The van der Waals surface area contributed by atoms with E-state index in [0.29, 0.717) is 19.5 Å². The van der Waals surface area contributed by atoms with Crippen molar-refractivity contribution in [1.29, 1.82) is 0 Å². The Morgan fingerprint density at radius 3 is 2.80 bits per heavy atom. The molecule has 0 aromatic heterocycles. The van der Waals surface area contributed by atoms with Crippen LogP contribution in [0, 0.1) is 5.92 Å². The molecule has 20 heavy (non-hydrogen) atoms. The number of rotatable bonds is 4. The van der Waals surface area contributed by atoms with Crippen molar-refractivity contribution < 1.29 is 14.7 Å². The third-order valence-electron chi connectivity index (χ3n) is 3.84. The molecule has 0 aliphatic carbocycles. The van der Waals surface area contributed by atoms with E-state index in [-0.39, 0.29) is 17.4 Å². The highest BCUT2D eigenvalue weighted by Gasteiger charge is 2.27. The topological polar surface area (TPSA) is 83.6 Å². The molecule has 0 radical (unpaired) electrons. The zero-order chi connectivity index (χ0) is 14.7. The van der Waals surface area contributed by atoms with Crippen LogP contribution in [0.2, 0.25) is 0 Å². The highest BCUT2D eigenvalue weighted by Crippen LogP contribution is 2.29. The van der Waals surface area contributed by atoms with Crippen LogP contribution in [0.1, 0.15) is 35.7 Å². The average molecular weight is 276 g/mol. The van der Waals surface area contributed by atoms with E-state index in [1.807, 2.05) is 6.92 Å². The van der Waals surface area contributed by atoms with Gasteiger partial charge < -0.3 is 15.7 Å². The summed E-state index contributed by atoms with van der Waals surface area (Å²) in [6.07, 6.45) is 2.37. The van der Waals surface area contributed by atoms with Crippen LogP contribution in [0.25, 0.3) is 0 Å². The fourth-order valence-electron chi connectivity index (χ4n) is 2.62. The van der Waals surface area contributed by atoms with Gasteiger partial charge in [0.05, 0.1) is 11.5 Å². The number of benzene rings is 1. The normalized spacial score (nSPS) is 15.6. The number of hydrogen-bond acceptors (Lipinski definition) is 3. The molecule has 1 aromatic carbocycles. The lowest BCUT2D eigenvalue weighted by atomic mass is 9.96. The number of nitrogens with two attached hydrogens (primary N) is 1. The summed E-state index contributed by atoms with van der Waals surface area (Å²) in [6, 6.07) is 4.95. The molecule has 1 aliphatic rings. The lowest BCUT2D eigenvalue weighted by Crippen LogP contribution is -2.41. The van der Waals surface area contributed by atoms with E-state index in [0.717, 1.165) is 24.1 Å². The number of nitrogens with zero attached hydrogens (tertiary/aromatic N) is 1. The van der Waals surface area contributed by atoms with E-state index >= 15 is 0 Å². The van der Waals surface area contributed by atoms with Gasteiger partial charge in [-0.25, -0.2) is 4.79 Å². The predicted octanol–water partition coefficient (Wildman–Crippen LogP) is 1.65. The maximum absolute atomic E-state index is 12.5. The minimum Gasteiger partial charge on any atom is -0.478 e. The Morgan fingerprint density at radius 1 is 1.45 bits per heavy atom. The number of carboxylic acid groups (broad SMARTS) is 1. The molecule has 1 atom stereocenters. The summed E-state index contributed by atoms with van der Waals surface area (Å²) in [5.41, 5.74) is 7.68. The molecule has 108 valence electrons. The van der Waals surface area contributed by atoms with Gasteiger partial charge in [0.25, 0.3) is 0 Å². The Balaban J connectivity index is 2.33. The zero-order valence-corrected chi connectivity index (χ0v) is 11.6. The third kappa shape index (κ3) is 2.67. The van der Waals surface area contributed by atoms with E-state index < -0.39 is 5.97 Å². The van der Waals surface area contributed by atoms with Crippen molar-refractivity contribution >= 4 is 17.6 Å². The summed E-state index contributed by atoms with van der Waals surface area (Å²) in [4.78, 5) is 25.2. The van der Waals surface area contributed by atoms with Crippen LogP contribution in [0.4, 0.5) is 5.69 Å². The van der Waals surface area contributed by atoms with Gasteiger partial charge in [0, 0.05) is 18.8 Å². The monoisotopic (exact) mass is 276 g/mol. The Bertz CT molecular complexity index is 524. The number of fused-ring (bicyclic) bond motifs is 1. The first kappa shape index (κ1) is 14.5. The Labute approximate surface area is 118 Å². The summed E-state index contributed by atoms with van der Waals surface area (Å²) < 4.78 is 0. The third-order valence-corrected chi connectivity index (χ3v) is 3.84. The second-order valence-corrected chi connectivity index (χ2v) is 5.08. The second kappa shape index (κ2) is 6.05. The number of aromatic carboxylic acids is 1. The molecule has 1 heterocycles. The molecular weight excluding hydrogens is 256 g/mol. The minimum atomic E-state index is -0.940. The smallest absolute Gasteiger partial charge is 0.335 e. The van der Waals surface area contributed by atoms with Crippen molar-refractivity contribution in [2.24, 2.45) is 11.7 Å². The average Bonchev–Trinajstić information content (AvgIpc) is 2.47. The van der Waals surface area contributed by atoms with Crippen molar-refractivity contribution in [2.75, 3.05) is 18.0 Å². The molecular formula is C15H20N2O3.